The molecule has 6 heteroatoms. The van der Waals surface area contributed by atoms with Crippen LogP contribution in [0.15, 0.2) is 24.3 Å². The van der Waals surface area contributed by atoms with Gasteiger partial charge >= 0.3 is 0 Å². The molecule has 0 spiro atoms. The van der Waals surface area contributed by atoms with Crippen LogP contribution >= 0.6 is 11.8 Å². The fraction of sp³-hybridized carbons (Fsp3) is 0.562. The zero-order chi connectivity index (χ0) is 15.8. The highest BCUT2D eigenvalue weighted by Crippen LogP contribution is 2.16. The van der Waals surface area contributed by atoms with E-state index in [4.69, 9.17) is 9.47 Å². The van der Waals surface area contributed by atoms with Crippen LogP contribution in [0.5, 0.6) is 5.75 Å². The van der Waals surface area contributed by atoms with Crippen molar-refractivity contribution in [1.29, 1.82) is 0 Å². The minimum absolute atomic E-state index is 0.0676. The van der Waals surface area contributed by atoms with Crippen LogP contribution in [0.3, 0.4) is 0 Å². The standard InChI is InChI=1S/C16H24N2O3S/c1-13(18-7-9-21-10-8-18)17-16(19)12-22-11-14-3-5-15(20-2)6-4-14/h3-6,13H,7-12H2,1-2H3,(H,17,19). The van der Waals surface area contributed by atoms with Gasteiger partial charge in [0.25, 0.3) is 0 Å². The molecule has 1 amide bonds. The Balaban J connectivity index is 1.66. The maximum Gasteiger partial charge on any atom is 0.231 e. The number of carbonyl (C=O) groups is 1. The van der Waals surface area contributed by atoms with Crippen molar-refractivity contribution in [1.82, 2.24) is 10.2 Å². The van der Waals surface area contributed by atoms with Crippen molar-refractivity contribution in [2.45, 2.75) is 18.8 Å². The molecule has 1 unspecified atom stereocenters. The third kappa shape index (κ3) is 5.51. The van der Waals surface area contributed by atoms with Crippen molar-refractivity contribution >= 4 is 17.7 Å². The zero-order valence-electron chi connectivity index (χ0n) is 13.2. The summed E-state index contributed by atoms with van der Waals surface area (Å²) in [7, 11) is 1.66. The van der Waals surface area contributed by atoms with Gasteiger partial charge in [-0.25, -0.2) is 0 Å². The molecule has 1 aliphatic heterocycles. The minimum atomic E-state index is 0.0676. The lowest BCUT2D eigenvalue weighted by Crippen LogP contribution is -2.51. The van der Waals surface area contributed by atoms with Crippen LogP contribution < -0.4 is 10.1 Å². The molecule has 1 heterocycles. The highest BCUT2D eigenvalue weighted by molar-refractivity contribution is 7.99. The van der Waals surface area contributed by atoms with Gasteiger partial charge in [0.05, 0.1) is 32.2 Å². The fourth-order valence-electron chi connectivity index (χ4n) is 2.31. The first-order valence-corrected chi connectivity index (χ1v) is 8.66. The van der Waals surface area contributed by atoms with Gasteiger partial charge in [-0.1, -0.05) is 12.1 Å². The molecule has 1 fully saturated rings. The number of ether oxygens (including phenoxy) is 2. The van der Waals surface area contributed by atoms with Gasteiger partial charge in [0, 0.05) is 18.8 Å². The van der Waals surface area contributed by atoms with Crippen molar-refractivity contribution in [3.05, 3.63) is 29.8 Å². The van der Waals surface area contributed by atoms with Crippen LogP contribution in [0.4, 0.5) is 0 Å². The summed E-state index contributed by atoms with van der Waals surface area (Å²) in [5.74, 6) is 2.23. The number of carbonyl (C=O) groups excluding carboxylic acids is 1. The molecule has 0 saturated carbocycles. The minimum Gasteiger partial charge on any atom is -0.497 e. The summed E-state index contributed by atoms with van der Waals surface area (Å²) in [6, 6.07) is 7.94. The first kappa shape index (κ1) is 17.1. The second kappa shape index (κ2) is 9.02. The van der Waals surface area contributed by atoms with Crippen molar-refractivity contribution in [3.8, 4) is 5.75 Å². The summed E-state index contributed by atoms with van der Waals surface area (Å²) in [5, 5.41) is 3.04. The Morgan fingerprint density at radius 3 is 2.68 bits per heavy atom. The second-order valence-electron chi connectivity index (χ2n) is 5.23. The maximum absolute atomic E-state index is 12.0. The van der Waals surface area contributed by atoms with Crippen LogP contribution in [-0.4, -0.2) is 56.1 Å². The van der Waals surface area contributed by atoms with Crippen LogP contribution in [0, 0.1) is 0 Å². The van der Waals surface area contributed by atoms with Crippen molar-refractivity contribution in [2.24, 2.45) is 0 Å². The number of rotatable bonds is 7. The summed E-state index contributed by atoms with van der Waals surface area (Å²) in [6.45, 7) is 5.26. The first-order valence-electron chi connectivity index (χ1n) is 7.51. The highest BCUT2D eigenvalue weighted by atomic mass is 32.2. The topological polar surface area (TPSA) is 50.8 Å². The maximum atomic E-state index is 12.0. The molecule has 1 atom stereocenters. The summed E-state index contributed by atoms with van der Waals surface area (Å²) >= 11 is 1.62. The Morgan fingerprint density at radius 2 is 2.05 bits per heavy atom. The Bertz CT molecular complexity index is 461. The molecule has 5 nitrogen and oxygen atoms in total. The van der Waals surface area contributed by atoms with Gasteiger partial charge < -0.3 is 14.8 Å². The molecular weight excluding hydrogens is 300 g/mol. The average molecular weight is 324 g/mol. The normalized spacial score (nSPS) is 17.0. The molecular formula is C16H24N2O3S. The Morgan fingerprint density at radius 1 is 1.36 bits per heavy atom. The van der Waals surface area contributed by atoms with E-state index in [0.717, 1.165) is 37.8 Å². The molecule has 1 saturated heterocycles. The van der Waals surface area contributed by atoms with Crippen LogP contribution in [-0.2, 0) is 15.3 Å². The van der Waals surface area contributed by atoms with Gasteiger partial charge in [0.2, 0.25) is 5.91 Å². The molecule has 0 aliphatic carbocycles. The second-order valence-corrected chi connectivity index (χ2v) is 6.22. The molecule has 122 valence electrons. The van der Waals surface area contributed by atoms with Gasteiger partial charge in [0.15, 0.2) is 0 Å². The van der Waals surface area contributed by atoms with E-state index in [1.165, 1.54) is 5.56 Å². The summed E-state index contributed by atoms with van der Waals surface area (Å²) in [6.07, 6.45) is 0.0676. The predicted molar refractivity (Wildman–Crippen MR) is 89.2 cm³/mol. The van der Waals surface area contributed by atoms with E-state index in [9.17, 15) is 4.79 Å². The van der Waals surface area contributed by atoms with E-state index < -0.39 is 0 Å². The number of morpholine rings is 1. The lowest BCUT2D eigenvalue weighted by molar-refractivity contribution is -0.120. The fourth-order valence-corrected chi connectivity index (χ4v) is 3.11. The Kier molecular flexibility index (Phi) is 7.02. The summed E-state index contributed by atoms with van der Waals surface area (Å²) in [5.41, 5.74) is 1.19. The molecule has 1 aliphatic rings. The Labute approximate surface area is 136 Å². The van der Waals surface area contributed by atoms with E-state index >= 15 is 0 Å². The van der Waals surface area contributed by atoms with Gasteiger partial charge in [-0.05, 0) is 24.6 Å². The summed E-state index contributed by atoms with van der Waals surface area (Å²) in [4.78, 5) is 14.2. The smallest absolute Gasteiger partial charge is 0.231 e. The SMILES string of the molecule is COc1ccc(CSCC(=O)NC(C)N2CCOCC2)cc1. The van der Waals surface area contributed by atoms with E-state index in [-0.39, 0.29) is 12.1 Å². The third-order valence-corrected chi connectivity index (χ3v) is 4.63. The highest BCUT2D eigenvalue weighted by Gasteiger charge is 2.18. The molecule has 0 bridgehead atoms. The average Bonchev–Trinajstić information content (AvgIpc) is 2.56. The van der Waals surface area contributed by atoms with Crippen molar-refractivity contribution in [3.63, 3.8) is 0 Å². The number of hydrogen-bond donors (Lipinski definition) is 1. The molecule has 1 aromatic rings. The van der Waals surface area contributed by atoms with Crippen LogP contribution in [0.1, 0.15) is 12.5 Å². The van der Waals surface area contributed by atoms with Gasteiger partial charge in [-0.3, -0.25) is 9.69 Å². The van der Waals surface area contributed by atoms with Crippen molar-refractivity contribution < 1.29 is 14.3 Å². The lowest BCUT2D eigenvalue weighted by atomic mass is 10.2. The van der Waals surface area contributed by atoms with E-state index in [1.54, 1.807) is 18.9 Å². The first-order chi connectivity index (χ1) is 10.7. The molecule has 0 aromatic heterocycles. The van der Waals surface area contributed by atoms with Gasteiger partial charge in [-0.15, -0.1) is 11.8 Å². The number of nitrogens with zero attached hydrogens (tertiary/aromatic N) is 1. The third-order valence-electron chi connectivity index (χ3n) is 3.62. The number of benzene rings is 1. The van der Waals surface area contributed by atoms with E-state index in [0.29, 0.717) is 5.75 Å². The molecule has 22 heavy (non-hydrogen) atoms. The molecule has 2 rings (SSSR count). The molecule has 0 radical (unpaired) electrons. The monoisotopic (exact) mass is 324 g/mol. The number of methoxy groups -OCH3 is 1. The molecule has 1 aromatic carbocycles. The van der Waals surface area contributed by atoms with Crippen LogP contribution in [0.2, 0.25) is 0 Å². The van der Waals surface area contributed by atoms with Gasteiger partial charge in [0.1, 0.15) is 5.75 Å². The molecule has 1 N–H and O–H groups in total. The van der Waals surface area contributed by atoms with Crippen molar-refractivity contribution in [2.75, 3.05) is 39.2 Å². The van der Waals surface area contributed by atoms with E-state index in [1.807, 2.05) is 31.2 Å². The number of nitrogens with one attached hydrogen (secondary N) is 1. The zero-order valence-corrected chi connectivity index (χ0v) is 14.0. The number of hydrogen-bond acceptors (Lipinski definition) is 5. The number of amides is 1. The predicted octanol–water partition coefficient (Wildman–Crippen LogP) is 1.72. The lowest BCUT2D eigenvalue weighted by Gasteiger charge is -2.32. The Hall–Kier alpha value is -1.24. The largest absolute Gasteiger partial charge is 0.497 e. The van der Waals surface area contributed by atoms with Crippen LogP contribution in [0.25, 0.3) is 0 Å². The summed E-state index contributed by atoms with van der Waals surface area (Å²) < 4.78 is 10.4. The van der Waals surface area contributed by atoms with E-state index in [2.05, 4.69) is 10.2 Å². The quantitative estimate of drug-likeness (QED) is 0.828. The van der Waals surface area contributed by atoms with Gasteiger partial charge in [-0.2, -0.15) is 0 Å². The number of thioether (sulfide) groups is 1.